The number of rotatable bonds is 8. The van der Waals surface area contributed by atoms with Gasteiger partial charge in [-0.3, -0.25) is 9.59 Å². The number of nitrogens with one attached hydrogen (secondary N) is 2. The molecule has 0 aliphatic carbocycles. The molecule has 0 bridgehead atoms. The van der Waals surface area contributed by atoms with Gasteiger partial charge in [0.2, 0.25) is 5.91 Å². The van der Waals surface area contributed by atoms with E-state index in [4.69, 9.17) is 9.47 Å². The highest BCUT2D eigenvalue weighted by Crippen LogP contribution is 2.13. The molecule has 8 heteroatoms. The second-order valence-electron chi connectivity index (χ2n) is 6.12. The third kappa shape index (κ3) is 7.79. The molecule has 2 amide bonds. The van der Waals surface area contributed by atoms with Crippen molar-refractivity contribution in [3.05, 3.63) is 41.5 Å². The minimum atomic E-state index is -0.783. The van der Waals surface area contributed by atoms with Crippen molar-refractivity contribution in [2.24, 2.45) is 0 Å². The van der Waals surface area contributed by atoms with Crippen LogP contribution in [0.5, 0.6) is 5.75 Å². The van der Waals surface area contributed by atoms with E-state index in [1.165, 1.54) is 12.1 Å². The lowest BCUT2D eigenvalue weighted by Crippen LogP contribution is -2.29. The molecule has 152 valence electrons. The SMILES string of the molecule is CCOC(=O)Oc1ccc(C(=O)NCCCNC(=O)C=C2CCOCC2)cc1. The fraction of sp³-hybridized carbons (Fsp3) is 0.450. The summed E-state index contributed by atoms with van der Waals surface area (Å²) in [6.07, 6.45) is 3.07. The van der Waals surface area contributed by atoms with Crippen molar-refractivity contribution in [2.75, 3.05) is 32.9 Å². The van der Waals surface area contributed by atoms with Crippen LogP contribution in [0.2, 0.25) is 0 Å². The van der Waals surface area contributed by atoms with Gasteiger partial charge in [-0.05, 0) is 50.5 Å². The Labute approximate surface area is 164 Å². The number of carbonyl (C=O) groups is 3. The van der Waals surface area contributed by atoms with Crippen LogP contribution in [0.25, 0.3) is 0 Å². The smallest absolute Gasteiger partial charge is 0.434 e. The maximum atomic E-state index is 12.1. The monoisotopic (exact) mass is 390 g/mol. The van der Waals surface area contributed by atoms with Crippen LogP contribution < -0.4 is 15.4 Å². The van der Waals surface area contributed by atoms with Crippen LogP contribution in [0, 0.1) is 0 Å². The molecule has 2 rings (SSSR count). The Morgan fingerprint density at radius 2 is 1.75 bits per heavy atom. The molecule has 28 heavy (non-hydrogen) atoms. The van der Waals surface area contributed by atoms with Gasteiger partial charge in [0.15, 0.2) is 0 Å². The van der Waals surface area contributed by atoms with E-state index < -0.39 is 6.16 Å². The Kier molecular flexibility index (Phi) is 9.00. The van der Waals surface area contributed by atoms with Gasteiger partial charge in [0.05, 0.1) is 19.8 Å². The predicted octanol–water partition coefficient (Wildman–Crippen LogP) is 2.19. The summed E-state index contributed by atoms with van der Waals surface area (Å²) in [7, 11) is 0. The van der Waals surface area contributed by atoms with Gasteiger partial charge in [0.1, 0.15) is 5.75 Å². The van der Waals surface area contributed by atoms with E-state index >= 15 is 0 Å². The average molecular weight is 390 g/mol. The highest BCUT2D eigenvalue weighted by Gasteiger charge is 2.09. The van der Waals surface area contributed by atoms with E-state index in [1.807, 2.05) is 0 Å². The lowest BCUT2D eigenvalue weighted by Gasteiger charge is -2.14. The highest BCUT2D eigenvalue weighted by molar-refractivity contribution is 5.94. The Bertz CT molecular complexity index is 691. The molecular formula is C20H26N2O6. The van der Waals surface area contributed by atoms with Crippen LogP contribution in [-0.4, -0.2) is 50.9 Å². The number of benzene rings is 1. The molecule has 8 nitrogen and oxygen atoms in total. The first kappa shape index (κ1) is 21.4. The summed E-state index contributed by atoms with van der Waals surface area (Å²) in [5.74, 6) is -0.0462. The van der Waals surface area contributed by atoms with Crippen LogP contribution in [0.1, 0.15) is 36.5 Å². The Hall–Kier alpha value is -2.87. The molecule has 1 aromatic rings. The van der Waals surface area contributed by atoms with E-state index in [0.717, 1.165) is 18.4 Å². The first-order valence-electron chi connectivity index (χ1n) is 9.36. The van der Waals surface area contributed by atoms with E-state index in [-0.39, 0.29) is 18.4 Å². The molecule has 0 atom stereocenters. The van der Waals surface area contributed by atoms with Crippen molar-refractivity contribution in [3.8, 4) is 5.75 Å². The zero-order chi connectivity index (χ0) is 20.2. The van der Waals surface area contributed by atoms with Crippen molar-refractivity contribution >= 4 is 18.0 Å². The number of ether oxygens (including phenoxy) is 3. The minimum Gasteiger partial charge on any atom is -0.434 e. The fourth-order valence-corrected chi connectivity index (χ4v) is 2.54. The summed E-state index contributed by atoms with van der Waals surface area (Å²) in [5.41, 5.74) is 1.55. The zero-order valence-electron chi connectivity index (χ0n) is 16.0. The molecule has 0 spiro atoms. The summed E-state index contributed by atoms with van der Waals surface area (Å²) in [5, 5.41) is 5.59. The Morgan fingerprint density at radius 1 is 1.07 bits per heavy atom. The number of carbonyl (C=O) groups excluding carboxylic acids is 3. The Balaban J connectivity index is 1.64. The van der Waals surface area contributed by atoms with Crippen LogP contribution in [0.15, 0.2) is 35.9 Å². The van der Waals surface area contributed by atoms with Gasteiger partial charge >= 0.3 is 6.16 Å². The summed E-state index contributed by atoms with van der Waals surface area (Å²) < 4.78 is 14.9. The largest absolute Gasteiger partial charge is 0.513 e. The van der Waals surface area contributed by atoms with Crippen molar-refractivity contribution in [1.82, 2.24) is 10.6 Å². The number of hydrogen-bond donors (Lipinski definition) is 2. The standard InChI is InChI=1S/C20H26N2O6/c1-2-27-20(25)28-17-6-4-16(5-7-17)19(24)22-11-3-10-21-18(23)14-15-8-12-26-13-9-15/h4-7,14H,2-3,8-13H2,1H3,(H,21,23)(H,22,24). The number of amides is 2. The highest BCUT2D eigenvalue weighted by atomic mass is 16.7. The third-order valence-electron chi connectivity index (χ3n) is 3.99. The summed E-state index contributed by atoms with van der Waals surface area (Å²) in [6.45, 7) is 4.16. The normalized spacial score (nSPS) is 13.4. The topological polar surface area (TPSA) is 103 Å². The summed E-state index contributed by atoms with van der Waals surface area (Å²) >= 11 is 0. The van der Waals surface area contributed by atoms with Gasteiger partial charge in [-0.25, -0.2) is 4.79 Å². The van der Waals surface area contributed by atoms with Crippen LogP contribution in [0.4, 0.5) is 4.79 Å². The minimum absolute atomic E-state index is 0.111. The molecular weight excluding hydrogens is 364 g/mol. The molecule has 0 radical (unpaired) electrons. The molecule has 0 unspecified atom stereocenters. The maximum Gasteiger partial charge on any atom is 0.513 e. The van der Waals surface area contributed by atoms with Gasteiger partial charge < -0.3 is 24.8 Å². The molecule has 1 heterocycles. The second kappa shape index (κ2) is 11.8. The lowest BCUT2D eigenvalue weighted by molar-refractivity contribution is -0.116. The van der Waals surface area contributed by atoms with Crippen LogP contribution in [-0.2, 0) is 14.3 Å². The van der Waals surface area contributed by atoms with Crippen molar-refractivity contribution in [1.29, 1.82) is 0 Å². The van der Waals surface area contributed by atoms with E-state index in [1.54, 1.807) is 25.1 Å². The van der Waals surface area contributed by atoms with Crippen molar-refractivity contribution in [3.63, 3.8) is 0 Å². The molecule has 2 N–H and O–H groups in total. The molecule has 1 aliphatic heterocycles. The van der Waals surface area contributed by atoms with E-state index in [0.29, 0.717) is 44.0 Å². The molecule has 0 aromatic heterocycles. The van der Waals surface area contributed by atoms with Gasteiger partial charge in [0.25, 0.3) is 5.91 Å². The fourth-order valence-electron chi connectivity index (χ4n) is 2.54. The Morgan fingerprint density at radius 3 is 2.43 bits per heavy atom. The first-order valence-corrected chi connectivity index (χ1v) is 9.36. The van der Waals surface area contributed by atoms with Gasteiger partial charge in [-0.1, -0.05) is 5.57 Å². The first-order chi connectivity index (χ1) is 13.6. The van der Waals surface area contributed by atoms with Crippen molar-refractivity contribution in [2.45, 2.75) is 26.2 Å². The molecule has 1 aliphatic rings. The lowest BCUT2D eigenvalue weighted by atomic mass is 10.1. The van der Waals surface area contributed by atoms with E-state index in [9.17, 15) is 14.4 Å². The van der Waals surface area contributed by atoms with Crippen molar-refractivity contribution < 1.29 is 28.6 Å². The predicted molar refractivity (Wildman–Crippen MR) is 102 cm³/mol. The van der Waals surface area contributed by atoms with Gasteiger partial charge in [-0.2, -0.15) is 0 Å². The van der Waals surface area contributed by atoms with Gasteiger partial charge in [-0.15, -0.1) is 0 Å². The van der Waals surface area contributed by atoms with E-state index in [2.05, 4.69) is 15.4 Å². The van der Waals surface area contributed by atoms with Gasteiger partial charge in [0, 0.05) is 24.7 Å². The molecule has 1 aromatic carbocycles. The van der Waals surface area contributed by atoms with Crippen LogP contribution in [0.3, 0.4) is 0 Å². The zero-order valence-corrected chi connectivity index (χ0v) is 16.0. The molecule has 1 saturated heterocycles. The maximum absolute atomic E-state index is 12.1. The summed E-state index contributed by atoms with van der Waals surface area (Å²) in [6, 6.07) is 6.17. The second-order valence-corrected chi connectivity index (χ2v) is 6.12. The number of hydrogen-bond acceptors (Lipinski definition) is 6. The average Bonchev–Trinajstić information content (AvgIpc) is 2.69. The van der Waals surface area contributed by atoms with Crippen LogP contribution >= 0.6 is 0 Å². The molecule has 1 fully saturated rings. The third-order valence-corrected chi connectivity index (χ3v) is 3.99. The summed E-state index contributed by atoms with van der Waals surface area (Å²) in [4.78, 5) is 35.1. The quantitative estimate of drug-likeness (QED) is 0.305. The molecule has 0 saturated carbocycles.